The van der Waals surface area contributed by atoms with Gasteiger partial charge in [0, 0.05) is 5.56 Å². The first-order valence-electron chi connectivity index (χ1n) is 3.96. The Morgan fingerprint density at radius 2 is 2.14 bits per heavy atom. The monoisotopic (exact) mass is 195 g/mol. The van der Waals surface area contributed by atoms with Crippen LogP contribution in [0.25, 0.3) is 0 Å². The summed E-state index contributed by atoms with van der Waals surface area (Å²) in [6, 6.07) is 4.71. The summed E-state index contributed by atoms with van der Waals surface area (Å²) in [6.45, 7) is 0.842. The van der Waals surface area contributed by atoms with Gasteiger partial charge in [-0.2, -0.15) is 0 Å². The smallest absolute Gasteiger partial charge is 0.338 e. The van der Waals surface area contributed by atoms with E-state index in [1.165, 1.54) is 20.3 Å². The van der Waals surface area contributed by atoms with E-state index >= 15 is 0 Å². The second-order valence-corrected chi connectivity index (χ2v) is 2.57. The number of hydrogen-bond donors (Lipinski definition) is 1. The Bertz CT molecular complexity index is 333. The minimum absolute atomic E-state index is 0.302. The zero-order valence-electron chi connectivity index (χ0n) is 7.98. The van der Waals surface area contributed by atoms with Gasteiger partial charge in [0.25, 0.3) is 0 Å². The molecule has 0 saturated carbocycles. The van der Waals surface area contributed by atoms with Gasteiger partial charge in [-0.05, 0) is 18.2 Å². The highest BCUT2D eigenvalue weighted by molar-refractivity contribution is 5.91. The van der Waals surface area contributed by atoms with Crippen molar-refractivity contribution in [3.63, 3.8) is 0 Å². The lowest BCUT2D eigenvalue weighted by Crippen LogP contribution is -2.05. The van der Waals surface area contributed by atoms with Gasteiger partial charge in [0.05, 0.1) is 19.8 Å². The Morgan fingerprint density at radius 3 is 2.64 bits per heavy atom. The average Bonchev–Trinajstić information content (AvgIpc) is 2.27. The van der Waals surface area contributed by atoms with Crippen molar-refractivity contribution in [1.29, 1.82) is 0 Å². The molecule has 0 amide bonds. The summed E-state index contributed by atoms with van der Waals surface area (Å²) in [5.41, 5.74) is 0.673. The summed E-state index contributed by atoms with van der Waals surface area (Å²) in [5, 5.41) is 8.89. The Labute approximate surface area is 82.1 Å². The first kappa shape index (κ1) is 10.5. The molecule has 0 aromatic heterocycles. The highest BCUT2D eigenvalue weighted by Gasteiger charge is 2.11. The molecule has 1 aromatic rings. The van der Waals surface area contributed by atoms with Crippen molar-refractivity contribution in [2.45, 2.75) is 0 Å². The number of hydrogen-bond acceptors (Lipinski definition) is 4. The average molecular weight is 195 g/mol. The molecule has 0 unspecified atom stereocenters. The van der Waals surface area contributed by atoms with E-state index in [1.807, 2.05) is 0 Å². The number of methoxy groups -OCH3 is 2. The second-order valence-electron chi connectivity index (χ2n) is 2.57. The summed E-state index contributed by atoms with van der Waals surface area (Å²) in [7, 11) is 2.79. The Kier molecular flexibility index (Phi) is 3.48. The van der Waals surface area contributed by atoms with Gasteiger partial charge in [-0.25, -0.2) is 4.79 Å². The van der Waals surface area contributed by atoms with Crippen LogP contribution in [-0.4, -0.2) is 25.3 Å². The van der Waals surface area contributed by atoms with Gasteiger partial charge < -0.3 is 14.6 Å². The first-order valence-corrected chi connectivity index (χ1v) is 3.96. The fourth-order valence-corrected chi connectivity index (χ4v) is 1.07. The van der Waals surface area contributed by atoms with Crippen LogP contribution in [0.1, 0.15) is 15.9 Å². The molecule has 0 atom stereocenters. The van der Waals surface area contributed by atoms with Crippen molar-refractivity contribution >= 4 is 5.97 Å². The maximum absolute atomic E-state index is 11.2. The van der Waals surface area contributed by atoms with Crippen LogP contribution in [0.2, 0.25) is 0 Å². The number of esters is 1. The molecule has 0 fully saturated rings. The van der Waals surface area contributed by atoms with E-state index in [0.717, 1.165) is 6.61 Å². The highest BCUT2D eigenvalue weighted by Crippen LogP contribution is 2.19. The summed E-state index contributed by atoms with van der Waals surface area (Å²) >= 11 is 0. The van der Waals surface area contributed by atoms with Crippen LogP contribution in [0.15, 0.2) is 18.2 Å². The zero-order chi connectivity index (χ0) is 10.6. The molecule has 0 heterocycles. The number of ether oxygens (including phenoxy) is 2. The highest BCUT2D eigenvalue weighted by atomic mass is 16.5. The third kappa shape index (κ3) is 2.03. The van der Waals surface area contributed by atoms with E-state index in [4.69, 9.17) is 9.84 Å². The predicted molar refractivity (Wildman–Crippen MR) is 49.7 cm³/mol. The fourth-order valence-electron chi connectivity index (χ4n) is 1.07. The maximum Gasteiger partial charge on any atom is 0.338 e. The lowest BCUT2D eigenvalue weighted by atomic mass is 10.1. The fraction of sp³-hybridized carbons (Fsp3) is 0.200. The number of carbonyl (C=O) groups is 1. The summed E-state index contributed by atoms with van der Waals surface area (Å²) in [5.74, 6) is 0.0749. The van der Waals surface area contributed by atoms with Crippen LogP contribution in [0, 0.1) is 6.61 Å². The molecule has 1 radical (unpaired) electrons. The number of carbonyl (C=O) groups excluding carboxylic acids is 1. The third-order valence-electron chi connectivity index (χ3n) is 1.80. The quantitative estimate of drug-likeness (QED) is 0.740. The lowest BCUT2D eigenvalue weighted by Gasteiger charge is -2.06. The number of rotatable bonds is 3. The van der Waals surface area contributed by atoms with E-state index < -0.39 is 5.97 Å². The van der Waals surface area contributed by atoms with Crippen LogP contribution in [0.4, 0.5) is 0 Å². The van der Waals surface area contributed by atoms with Crippen LogP contribution in [-0.2, 0) is 4.74 Å². The standard InChI is InChI=1S/C10H11O4/c1-13-8-3-4-9(10(12)14-2)7(5-8)6-11/h3-6,11H,1-2H3. The van der Waals surface area contributed by atoms with Crippen LogP contribution in [0.5, 0.6) is 5.75 Å². The molecule has 14 heavy (non-hydrogen) atoms. The SMILES string of the molecule is COC(=O)c1ccc(OC)cc1[CH]O. The summed E-state index contributed by atoms with van der Waals surface area (Å²) < 4.78 is 9.48. The molecule has 0 aliphatic heterocycles. The molecule has 1 N–H and O–H groups in total. The number of benzene rings is 1. The molecule has 1 aromatic carbocycles. The third-order valence-corrected chi connectivity index (χ3v) is 1.80. The van der Waals surface area contributed by atoms with Gasteiger partial charge in [0.2, 0.25) is 0 Å². The second kappa shape index (κ2) is 4.62. The van der Waals surface area contributed by atoms with Crippen molar-refractivity contribution in [1.82, 2.24) is 0 Å². The van der Waals surface area contributed by atoms with Gasteiger partial charge in [-0.1, -0.05) is 0 Å². The molecule has 75 valence electrons. The molecule has 0 bridgehead atoms. The number of aliphatic hydroxyl groups is 1. The van der Waals surface area contributed by atoms with Crippen molar-refractivity contribution in [3.8, 4) is 5.75 Å². The van der Waals surface area contributed by atoms with Gasteiger partial charge in [-0.15, -0.1) is 0 Å². The predicted octanol–water partition coefficient (Wildman–Crippen LogP) is 1.36. The van der Waals surface area contributed by atoms with E-state index in [2.05, 4.69) is 4.74 Å². The van der Waals surface area contributed by atoms with E-state index in [0.29, 0.717) is 16.9 Å². The van der Waals surface area contributed by atoms with Crippen molar-refractivity contribution in [3.05, 3.63) is 35.9 Å². The van der Waals surface area contributed by atoms with Crippen LogP contribution >= 0.6 is 0 Å². The summed E-state index contributed by atoms with van der Waals surface area (Å²) in [6.07, 6.45) is 0. The van der Waals surface area contributed by atoms with Gasteiger partial charge in [0.15, 0.2) is 0 Å². The van der Waals surface area contributed by atoms with Crippen molar-refractivity contribution in [2.24, 2.45) is 0 Å². The van der Waals surface area contributed by atoms with Crippen molar-refractivity contribution < 1.29 is 19.4 Å². The maximum atomic E-state index is 11.2. The lowest BCUT2D eigenvalue weighted by molar-refractivity contribution is 0.0599. The minimum Gasteiger partial charge on any atom is -0.497 e. The Balaban J connectivity index is 3.11. The van der Waals surface area contributed by atoms with Crippen molar-refractivity contribution in [2.75, 3.05) is 14.2 Å². The number of aliphatic hydroxyl groups excluding tert-OH is 1. The van der Waals surface area contributed by atoms with E-state index in [9.17, 15) is 4.79 Å². The van der Waals surface area contributed by atoms with Gasteiger partial charge in [0.1, 0.15) is 12.4 Å². The van der Waals surface area contributed by atoms with Crippen LogP contribution < -0.4 is 4.74 Å². The minimum atomic E-state index is -0.493. The topological polar surface area (TPSA) is 55.8 Å². The molecule has 4 heteroatoms. The molecule has 0 saturated heterocycles. The zero-order valence-corrected chi connectivity index (χ0v) is 7.98. The van der Waals surface area contributed by atoms with Gasteiger partial charge in [-0.3, -0.25) is 0 Å². The largest absolute Gasteiger partial charge is 0.497 e. The molecule has 0 aliphatic carbocycles. The molecule has 0 aliphatic rings. The normalized spacial score (nSPS) is 9.64. The molecular weight excluding hydrogens is 184 g/mol. The molecule has 0 spiro atoms. The summed E-state index contributed by atoms with van der Waals surface area (Å²) in [4.78, 5) is 11.2. The first-order chi connectivity index (χ1) is 6.72. The Morgan fingerprint density at radius 1 is 1.43 bits per heavy atom. The molecule has 1 rings (SSSR count). The van der Waals surface area contributed by atoms with E-state index in [1.54, 1.807) is 12.1 Å². The Hall–Kier alpha value is -1.55. The molecule has 4 nitrogen and oxygen atoms in total. The van der Waals surface area contributed by atoms with E-state index in [-0.39, 0.29) is 0 Å². The van der Waals surface area contributed by atoms with Crippen LogP contribution in [0.3, 0.4) is 0 Å². The molecular formula is C10H11O4. The van der Waals surface area contributed by atoms with Gasteiger partial charge >= 0.3 is 5.97 Å².